The van der Waals surface area contributed by atoms with Crippen molar-refractivity contribution in [3.05, 3.63) is 45.8 Å². The van der Waals surface area contributed by atoms with E-state index in [2.05, 4.69) is 24.4 Å². The molecule has 1 nitrogen and oxygen atoms in total. The summed E-state index contributed by atoms with van der Waals surface area (Å²) in [5.74, 6) is 0. The molecular weight excluding hydrogens is 250 g/mol. The Labute approximate surface area is 110 Å². The molecule has 1 aromatic heterocycles. The Morgan fingerprint density at radius 3 is 3.00 bits per heavy atom. The Balaban J connectivity index is 2.05. The average Bonchev–Trinajstić information content (AvgIpc) is 2.74. The molecule has 17 heavy (non-hydrogen) atoms. The van der Waals surface area contributed by atoms with Crippen LogP contribution in [0.1, 0.15) is 23.4 Å². The zero-order chi connectivity index (χ0) is 11.8. The number of hydrogen-bond acceptors (Lipinski definition) is 2. The van der Waals surface area contributed by atoms with E-state index in [9.17, 15) is 0 Å². The third-order valence-corrected chi connectivity index (χ3v) is 4.83. The van der Waals surface area contributed by atoms with E-state index < -0.39 is 0 Å². The molecule has 1 aliphatic heterocycles. The number of hydrogen-bond donors (Lipinski definition) is 1. The highest BCUT2D eigenvalue weighted by molar-refractivity contribution is 7.15. The summed E-state index contributed by atoms with van der Waals surface area (Å²) in [6.07, 6.45) is 1.14. The summed E-state index contributed by atoms with van der Waals surface area (Å²) < 4.78 is 0. The van der Waals surface area contributed by atoms with Crippen LogP contribution in [0.5, 0.6) is 0 Å². The second-order valence-corrected chi connectivity index (χ2v) is 5.96. The Hall–Kier alpha value is -0.830. The summed E-state index contributed by atoms with van der Waals surface area (Å²) in [6.45, 7) is 3.32. The van der Waals surface area contributed by atoms with Crippen molar-refractivity contribution in [2.75, 3.05) is 6.54 Å². The molecule has 0 spiro atoms. The molecule has 1 unspecified atom stereocenters. The third-order valence-electron chi connectivity index (χ3n) is 3.19. The molecule has 1 aliphatic rings. The van der Waals surface area contributed by atoms with E-state index in [-0.39, 0.29) is 0 Å². The van der Waals surface area contributed by atoms with E-state index in [1.165, 1.54) is 20.9 Å². The van der Waals surface area contributed by atoms with Crippen molar-refractivity contribution in [1.82, 2.24) is 5.32 Å². The second-order valence-electron chi connectivity index (χ2n) is 4.44. The van der Waals surface area contributed by atoms with Crippen LogP contribution in [0.3, 0.4) is 0 Å². The lowest BCUT2D eigenvalue weighted by Gasteiger charge is -2.19. The Kier molecular flexibility index (Phi) is 2.95. The predicted molar refractivity (Wildman–Crippen MR) is 74.9 cm³/mol. The molecule has 2 aromatic rings. The Morgan fingerprint density at radius 1 is 1.35 bits per heavy atom. The van der Waals surface area contributed by atoms with Gasteiger partial charge in [-0.15, -0.1) is 11.3 Å². The summed E-state index contributed by atoms with van der Waals surface area (Å²) >= 11 is 7.93. The first-order valence-corrected chi connectivity index (χ1v) is 7.05. The van der Waals surface area contributed by atoms with Gasteiger partial charge in [-0.2, -0.15) is 0 Å². The van der Waals surface area contributed by atoms with E-state index in [0.29, 0.717) is 6.04 Å². The largest absolute Gasteiger partial charge is 0.309 e. The lowest BCUT2D eigenvalue weighted by Crippen LogP contribution is -2.26. The molecule has 1 atom stereocenters. The van der Waals surface area contributed by atoms with Crippen LogP contribution in [0.25, 0.3) is 10.4 Å². The molecule has 0 bridgehead atoms. The van der Waals surface area contributed by atoms with Gasteiger partial charge < -0.3 is 5.32 Å². The SMILES string of the molecule is CC1NCCc2cc(-c3cccc(Cl)c3)sc21. The van der Waals surface area contributed by atoms with Gasteiger partial charge in [-0.05, 0) is 49.2 Å². The van der Waals surface area contributed by atoms with Gasteiger partial charge in [0, 0.05) is 20.8 Å². The molecule has 0 amide bonds. The lowest BCUT2D eigenvalue weighted by molar-refractivity contribution is 0.551. The van der Waals surface area contributed by atoms with Crippen molar-refractivity contribution < 1.29 is 0 Å². The van der Waals surface area contributed by atoms with Crippen molar-refractivity contribution in [2.24, 2.45) is 0 Å². The van der Waals surface area contributed by atoms with Crippen LogP contribution in [0.4, 0.5) is 0 Å². The van der Waals surface area contributed by atoms with Crippen molar-refractivity contribution in [3.63, 3.8) is 0 Å². The van der Waals surface area contributed by atoms with Crippen LogP contribution in [0.2, 0.25) is 5.02 Å². The number of thiophene rings is 1. The predicted octanol–water partition coefficient (Wildman–Crippen LogP) is 4.28. The van der Waals surface area contributed by atoms with E-state index in [4.69, 9.17) is 11.6 Å². The molecule has 3 heteroatoms. The van der Waals surface area contributed by atoms with E-state index in [1.807, 2.05) is 29.5 Å². The standard InChI is InChI=1S/C14H14ClNS/c1-9-14-11(5-6-16-9)8-13(17-14)10-3-2-4-12(15)7-10/h2-4,7-9,16H,5-6H2,1H3. The minimum Gasteiger partial charge on any atom is -0.309 e. The molecule has 2 heterocycles. The molecular formula is C14H14ClNS. The molecule has 0 radical (unpaired) electrons. The summed E-state index contributed by atoms with van der Waals surface area (Å²) in [4.78, 5) is 2.80. The molecule has 1 aromatic carbocycles. The number of fused-ring (bicyclic) bond motifs is 1. The molecule has 3 rings (SSSR count). The van der Waals surface area contributed by atoms with Crippen LogP contribution < -0.4 is 5.32 Å². The van der Waals surface area contributed by atoms with Gasteiger partial charge in [-0.25, -0.2) is 0 Å². The van der Waals surface area contributed by atoms with Gasteiger partial charge in [0.2, 0.25) is 0 Å². The molecule has 0 saturated carbocycles. The van der Waals surface area contributed by atoms with Gasteiger partial charge in [0.1, 0.15) is 0 Å². The van der Waals surface area contributed by atoms with Crippen molar-refractivity contribution >= 4 is 22.9 Å². The van der Waals surface area contributed by atoms with Gasteiger partial charge in [-0.1, -0.05) is 23.7 Å². The smallest absolute Gasteiger partial charge is 0.0412 e. The highest BCUT2D eigenvalue weighted by atomic mass is 35.5. The fourth-order valence-corrected chi connectivity index (χ4v) is 3.73. The lowest BCUT2D eigenvalue weighted by atomic mass is 10.0. The molecule has 1 N–H and O–H groups in total. The minimum atomic E-state index is 0.483. The Morgan fingerprint density at radius 2 is 2.24 bits per heavy atom. The second kappa shape index (κ2) is 4.45. The maximum atomic E-state index is 6.04. The third kappa shape index (κ3) is 2.13. The molecule has 88 valence electrons. The zero-order valence-corrected chi connectivity index (χ0v) is 11.2. The number of rotatable bonds is 1. The first kappa shape index (κ1) is 11.3. The summed E-state index contributed by atoms with van der Waals surface area (Å²) in [6, 6.07) is 10.9. The summed E-state index contributed by atoms with van der Waals surface area (Å²) in [5, 5.41) is 4.30. The van der Waals surface area contributed by atoms with E-state index in [1.54, 1.807) is 0 Å². The maximum absolute atomic E-state index is 6.04. The quantitative estimate of drug-likeness (QED) is 0.810. The molecule has 0 saturated heterocycles. The zero-order valence-electron chi connectivity index (χ0n) is 9.66. The number of halogens is 1. The van der Waals surface area contributed by atoms with Crippen LogP contribution in [-0.2, 0) is 6.42 Å². The number of benzene rings is 1. The average molecular weight is 264 g/mol. The van der Waals surface area contributed by atoms with E-state index in [0.717, 1.165) is 18.0 Å². The van der Waals surface area contributed by atoms with Crippen LogP contribution in [0.15, 0.2) is 30.3 Å². The van der Waals surface area contributed by atoms with Gasteiger partial charge in [0.25, 0.3) is 0 Å². The number of nitrogens with one attached hydrogen (secondary N) is 1. The van der Waals surface area contributed by atoms with Gasteiger partial charge in [0.05, 0.1) is 0 Å². The van der Waals surface area contributed by atoms with Crippen molar-refractivity contribution in [2.45, 2.75) is 19.4 Å². The van der Waals surface area contributed by atoms with Gasteiger partial charge in [-0.3, -0.25) is 0 Å². The topological polar surface area (TPSA) is 12.0 Å². The molecule has 0 aliphatic carbocycles. The van der Waals surface area contributed by atoms with Crippen molar-refractivity contribution in [3.8, 4) is 10.4 Å². The monoisotopic (exact) mass is 263 g/mol. The fraction of sp³-hybridized carbons (Fsp3) is 0.286. The highest BCUT2D eigenvalue weighted by Crippen LogP contribution is 2.37. The van der Waals surface area contributed by atoms with Crippen LogP contribution >= 0.6 is 22.9 Å². The minimum absolute atomic E-state index is 0.483. The first-order valence-electron chi connectivity index (χ1n) is 5.86. The fourth-order valence-electron chi connectivity index (χ4n) is 2.30. The van der Waals surface area contributed by atoms with Crippen LogP contribution in [-0.4, -0.2) is 6.54 Å². The first-order chi connectivity index (χ1) is 8.24. The van der Waals surface area contributed by atoms with Crippen molar-refractivity contribution in [1.29, 1.82) is 0 Å². The highest BCUT2D eigenvalue weighted by Gasteiger charge is 2.19. The van der Waals surface area contributed by atoms with Gasteiger partial charge in [0.15, 0.2) is 0 Å². The normalized spacial score (nSPS) is 19.1. The summed E-state index contributed by atoms with van der Waals surface area (Å²) in [5.41, 5.74) is 2.72. The van der Waals surface area contributed by atoms with Gasteiger partial charge >= 0.3 is 0 Å². The molecule has 0 fully saturated rings. The van der Waals surface area contributed by atoms with Crippen LogP contribution in [0, 0.1) is 0 Å². The maximum Gasteiger partial charge on any atom is 0.0412 e. The Bertz CT molecular complexity index is 547. The van der Waals surface area contributed by atoms with E-state index >= 15 is 0 Å². The summed E-state index contributed by atoms with van der Waals surface area (Å²) in [7, 11) is 0.